The van der Waals surface area contributed by atoms with Crippen molar-refractivity contribution in [3.8, 4) is 0 Å². The number of hydrogen-bond acceptors (Lipinski definition) is 3. The first-order valence-electron chi connectivity index (χ1n) is 6.05. The van der Waals surface area contributed by atoms with Crippen molar-refractivity contribution in [1.82, 2.24) is 14.6 Å². The van der Waals surface area contributed by atoms with E-state index in [-0.39, 0.29) is 0 Å². The van der Waals surface area contributed by atoms with Crippen molar-refractivity contribution in [3.05, 3.63) is 36.2 Å². The van der Waals surface area contributed by atoms with Crippen LogP contribution in [0.4, 0.5) is 5.82 Å². The minimum Gasteiger partial charge on any atom is -0.367 e. The molecule has 0 aromatic carbocycles. The van der Waals surface area contributed by atoms with Gasteiger partial charge in [0.2, 0.25) is 0 Å². The molecule has 1 unspecified atom stereocenters. The number of aryl methyl sites for hydroxylation is 1. The Hall–Kier alpha value is -1.84. The minimum atomic E-state index is 0.509. The maximum atomic E-state index is 4.25. The van der Waals surface area contributed by atoms with Gasteiger partial charge in [-0.15, -0.1) is 0 Å². The molecule has 2 heterocycles. The summed E-state index contributed by atoms with van der Waals surface area (Å²) in [6, 6.07) is 4.67. The summed E-state index contributed by atoms with van der Waals surface area (Å²) >= 11 is 0. The topological polar surface area (TPSA) is 42.2 Å². The van der Waals surface area contributed by atoms with E-state index in [2.05, 4.69) is 40.5 Å². The van der Waals surface area contributed by atoms with Crippen LogP contribution in [0, 0.1) is 6.92 Å². The molecule has 1 aliphatic rings. The number of rotatable bonds is 2. The molecule has 4 heteroatoms. The van der Waals surface area contributed by atoms with Gasteiger partial charge in [0.25, 0.3) is 0 Å². The Bertz CT molecular complexity index is 556. The van der Waals surface area contributed by atoms with Crippen molar-refractivity contribution < 1.29 is 0 Å². The molecule has 0 saturated heterocycles. The Balaban J connectivity index is 1.93. The Labute approximate surface area is 100 Å². The van der Waals surface area contributed by atoms with Crippen LogP contribution in [-0.4, -0.2) is 20.6 Å². The van der Waals surface area contributed by atoms with Crippen LogP contribution < -0.4 is 5.32 Å². The molecule has 0 radical (unpaired) electrons. The molecule has 17 heavy (non-hydrogen) atoms. The van der Waals surface area contributed by atoms with Crippen molar-refractivity contribution in [2.45, 2.75) is 32.2 Å². The second kappa shape index (κ2) is 4.20. The van der Waals surface area contributed by atoms with Crippen molar-refractivity contribution >= 4 is 11.5 Å². The van der Waals surface area contributed by atoms with Gasteiger partial charge in [0.1, 0.15) is 12.1 Å². The predicted octanol–water partition coefficient (Wildman–Crippen LogP) is 2.56. The zero-order valence-corrected chi connectivity index (χ0v) is 9.93. The molecule has 1 aliphatic carbocycles. The standard InChI is InChI=1S/C13H16N4/c1-10-7-12-14-9-15-17(12)13(8-10)16-11-5-3-2-4-6-11/h2-3,7-9,11,16H,4-6H2,1H3. The molecular weight excluding hydrogens is 212 g/mol. The predicted molar refractivity (Wildman–Crippen MR) is 68.1 cm³/mol. The third-order valence-corrected chi connectivity index (χ3v) is 3.14. The zero-order chi connectivity index (χ0) is 11.7. The Kier molecular flexibility index (Phi) is 2.55. The average molecular weight is 228 g/mol. The van der Waals surface area contributed by atoms with Gasteiger partial charge >= 0.3 is 0 Å². The van der Waals surface area contributed by atoms with Gasteiger partial charge in [0.05, 0.1) is 0 Å². The number of nitrogens with zero attached hydrogens (tertiary/aromatic N) is 3. The first-order valence-corrected chi connectivity index (χ1v) is 6.05. The third-order valence-electron chi connectivity index (χ3n) is 3.14. The van der Waals surface area contributed by atoms with Crippen molar-refractivity contribution in [1.29, 1.82) is 0 Å². The van der Waals surface area contributed by atoms with E-state index in [1.807, 2.05) is 10.6 Å². The molecule has 0 spiro atoms. The van der Waals surface area contributed by atoms with E-state index in [0.29, 0.717) is 6.04 Å². The van der Waals surface area contributed by atoms with Crippen LogP contribution in [0.15, 0.2) is 30.6 Å². The molecule has 0 aliphatic heterocycles. The lowest BCUT2D eigenvalue weighted by molar-refractivity contribution is 0.638. The van der Waals surface area contributed by atoms with Crippen molar-refractivity contribution in [3.63, 3.8) is 0 Å². The monoisotopic (exact) mass is 228 g/mol. The average Bonchev–Trinajstić information content (AvgIpc) is 2.78. The normalized spacial score (nSPS) is 19.7. The highest BCUT2D eigenvalue weighted by Crippen LogP contribution is 2.19. The summed E-state index contributed by atoms with van der Waals surface area (Å²) in [7, 11) is 0. The summed E-state index contributed by atoms with van der Waals surface area (Å²) in [6.07, 6.45) is 9.52. The number of fused-ring (bicyclic) bond motifs is 1. The van der Waals surface area contributed by atoms with Gasteiger partial charge in [-0.1, -0.05) is 12.2 Å². The number of pyridine rings is 1. The molecular formula is C13H16N4. The number of nitrogens with one attached hydrogen (secondary N) is 1. The quantitative estimate of drug-likeness (QED) is 0.803. The molecule has 1 atom stereocenters. The first-order chi connectivity index (χ1) is 8.33. The molecule has 1 N–H and O–H groups in total. The van der Waals surface area contributed by atoms with E-state index in [1.165, 1.54) is 12.0 Å². The van der Waals surface area contributed by atoms with Gasteiger partial charge in [-0.2, -0.15) is 9.61 Å². The van der Waals surface area contributed by atoms with E-state index in [4.69, 9.17) is 0 Å². The van der Waals surface area contributed by atoms with E-state index in [1.54, 1.807) is 6.33 Å². The fourth-order valence-electron chi connectivity index (χ4n) is 2.29. The molecule has 4 nitrogen and oxygen atoms in total. The second-order valence-electron chi connectivity index (χ2n) is 4.57. The lowest BCUT2D eigenvalue weighted by atomic mass is 10.0. The SMILES string of the molecule is Cc1cc(NC2CC=CCC2)n2ncnc2c1. The molecule has 0 saturated carbocycles. The number of hydrogen-bond donors (Lipinski definition) is 1. The van der Waals surface area contributed by atoms with Crippen LogP contribution >= 0.6 is 0 Å². The number of allylic oxidation sites excluding steroid dienone is 1. The van der Waals surface area contributed by atoms with Crippen LogP contribution in [0.1, 0.15) is 24.8 Å². The molecule has 0 bridgehead atoms. The summed E-state index contributed by atoms with van der Waals surface area (Å²) in [5, 5.41) is 7.81. The number of aromatic nitrogens is 3. The molecule has 2 aromatic heterocycles. The second-order valence-corrected chi connectivity index (χ2v) is 4.57. The van der Waals surface area contributed by atoms with E-state index < -0.39 is 0 Å². The fourth-order valence-corrected chi connectivity index (χ4v) is 2.29. The highest BCUT2D eigenvalue weighted by atomic mass is 15.3. The first kappa shape index (κ1) is 10.3. The maximum Gasteiger partial charge on any atom is 0.157 e. The molecule has 88 valence electrons. The summed E-state index contributed by atoms with van der Waals surface area (Å²) in [4.78, 5) is 4.23. The lowest BCUT2D eigenvalue weighted by Gasteiger charge is -2.21. The number of anilines is 1. The lowest BCUT2D eigenvalue weighted by Crippen LogP contribution is -2.22. The summed E-state index contributed by atoms with van der Waals surface area (Å²) < 4.78 is 1.87. The van der Waals surface area contributed by atoms with Crippen LogP contribution in [0.5, 0.6) is 0 Å². The van der Waals surface area contributed by atoms with Gasteiger partial charge in [0, 0.05) is 6.04 Å². The Morgan fingerprint density at radius 2 is 2.29 bits per heavy atom. The maximum absolute atomic E-state index is 4.25. The molecule has 3 rings (SSSR count). The third kappa shape index (κ3) is 2.02. The summed E-state index contributed by atoms with van der Waals surface area (Å²) in [6.45, 7) is 2.08. The van der Waals surface area contributed by atoms with Gasteiger partial charge in [0.15, 0.2) is 5.65 Å². The zero-order valence-electron chi connectivity index (χ0n) is 9.93. The smallest absolute Gasteiger partial charge is 0.157 e. The largest absolute Gasteiger partial charge is 0.367 e. The van der Waals surface area contributed by atoms with Gasteiger partial charge in [-0.3, -0.25) is 0 Å². The van der Waals surface area contributed by atoms with Crippen LogP contribution in [0.3, 0.4) is 0 Å². The highest BCUT2D eigenvalue weighted by molar-refractivity contribution is 5.51. The van der Waals surface area contributed by atoms with Gasteiger partial charge in [-0.05, 0) is 43.9 Å². The molecule has 2 aromatic rings. The minimum absolute atomic E-state index is 0.509. The van der Waals surface area contributed by atoms with E-state index in [0.717, 1.165) is 24.3 Å². The van der Waals surface area contributed by atoms with Crippen LogP contribution in [0.2, 0.25) is 0 Å². The van der Waals surface area contributed by atoms with Gasteiger partial charge < -0.3 is 5.32 Å². The molecule has 0 fully saturated rings. The summed E-state index contributed by atoms with van der Waals surface area (Å²) in [5.41, 5.74) is 2.11. The van der Waals surface area contributed by atoms with Gasteiger partial charge in [-0.25, -0.2) is 4.98 Å². The van der Waals surface area contributed by atoms with Crippen molar-refractivity contribution in [2.75, 3.05) is 5.32 Å². The fraction of sp³-hybridized carbons (Fsp3) is 0.385. The Morgan fingerprint density at radius 1 is 1.35 bits per heavy atom. The van der Waals surface area contributed by atoms with E-state index >= 15 is 0 Å². The Morgan fingerprint density at radius 3 is 3.12 bits per heavy atom. The van der Waals surface area contributed by atoms with E-state index in [9.17, 15) is 0 Å². The van der Waals surface area contributed by atoms with Crippen LogP contribution in [0.25, 0.3) is 5.65 Å². The summed E-state index contributed by atoms with van der Waals surface area (Å²) in [5.74, 6) is 1.04. The van der Waals surface area contributed by atoms with Crippen molar-refractivity contribution in [2.24, 2.45) is 0 Å². The highest BCUT2D eigenvalue weighted by Gasteiger charge is 2.12. The van der Waals surface area contributed by atoms with Crippen LogP contribution in [-0.2, 0) is 0 Å². The molecule has 0 amide bonds.